The molecule has 0 spiro atoms. The highest BCUT2D eigenvalue weighted by molar-refractivity contribution is 5.05. The van der Waals surface area contributed by atoms with E-state index in [2.05, 4.69) is 16.0 Å². The van der Waals surface area contributed by atoms with Crippen molar-refractivity contribution in [3.05, 3.63) is 11.8 Å². The van der Waals surface area contributed by atoms with E-state index in [1.807, 2.05) is 6.08 Å². The number of hydrogen-bond donors (Lipinski definition) is 12. The normalized spacial score (nSPS) is 41.4. The maximum absolute atomic E-state index is 11.5. The topological polar surface area (TPSA) is 278 Å². The van der Waals surface area contributed by atoms with Crippen LogP contribution in [0.25, 0.3) is 0 Å². The molecule has 3 unspecified atom stereocenters. The van der Waals surface area contributed by atoms with E-state index in [9.17, 15) is 20.4 Å². The van der Waals surface area contributed by atoms with Crippen LogP contribution in [-0.4, -0.2) is 151 Å². The second-order valence-electron chi connectivity index (χ2n) is 11.4. The number of hydrogen-bond acceptors (Lipinski definition) is 16. The van der Waals surface area contributed by atoms with E-state index < -0.39 is 78.9 Å². The van der Waals surface area contributed by atoms with Crippen LogP contribution in [0.2, 0.25) is 0 Å². The predicted molar refractivity (Wildman–Crippen MR) is 148 cm³/mol. The summed E-state index contributed by atoms with van der Waals surface area (Å²) in [5.41, 5.74) is 22.7. The lowest BCUT2D eigenvalue weighted by Gasteiger charge is -2.49. The Morgan fingerprint density at radius 2 is 1.83 bits per heavy atom. The van der Waals surface area contributed by atoms with Gasteiger partial charge in [0.2, 0.25) is 6.29 Å². The molecular weight excluding hydrogens is 542 g/mol. The summed E-state index contributed by atoms with van der Waals surface area (Å²) in [5.74, 6) is 0.577. The average molecular weight is 594 g/mol. The van der Waals surface area contributed by atoms with Gasteiger partial charge in [0.25, 0.3) is 0 Å². The fraction of sp³-hybridized carbons (Fsp3) is 0.920. The molecule has 0 radical (unpaired) electrons. The largest absolute Gasteiger partial charge is 0.467 e. The Hall–Kier alpha value is -1.06. The minimum absolute atomic E-state index is 0.0303. The van der Waals surface area contributed by atoms with Gasteiger partial charge in [-0.25, -0.2) is 0 Å². The van der Waals surface area contributed by atoms with Crippen LogP contribution in [0.1, 0.15) is 19.8 Å². The highest BCUT2D eigenvalue weighted by Gasteiger charge is 2.51. The monoisotopic (exact) mass is 593 g/mol. The highest BCUT2D eigenvalue weighted by atomic mass is 16.7. The van der Waals surface area contributed by atoms with Crippen LogP contribution in [-0.2, 0) is 18.9 Å². The van der Waals surface area contributed by atoms with Crippen LogP contribution in [0.15, 0.2) is 11.8 Å². The summed E-state index contributed by atoms with van der Waals surface area (Å²) >= 11 is 0. The van der Waals surface area contributed by atoms with E-state index in [0.29, 0.717) is 25.3 Å². The third kappa shape index (κ3) is 8.98. The molecule has 2 heterocycles. The smallest absolute Gasteiger partial charge is 0.215 e. The molecule has 0 aromatic rings. The zero-order valence-electron chi connectivity index (χ0n) is 23.8. The first-order valence-electron chi connectivity index (χ1n) is 14.2. The summed E-state index contributed by atoms with van der Waals surface area (Å²) in [6.07, 6.45) is -4.93. The Bertz CT molecular complexity index is 828. The summed E-state index contributed by atoms with van der Waals surface area (Å²) in [4.78, 5) is 0. The SMILES string of the molecule is CN[C@@H]1[C@@H](O)[C@@H](O[C@H]2[C@H](NCC(O)CN)C[C@H](N)C(O[C@H]3OC(CNCC(N)CO)=CC[C@H]3N)[C@@H]2O)OC[C@]1(C)O. The molecule has 0 amide bonds. The van der Waals surface area contributed by atoms with Gasteiger partial charge in [-0.2, -0.15) is 0 Å². The summed E-state index contributed by atoms with van der Waals surface area (Å²) in [7, 11) is 1.61. The minimum Gasteiger partial charge on any atom is -0.467 e. The van der Waals surface area contributed by atoms with Crippen molar-refractivity contribution in [3.8, 4) is 0 Å². The Morgan fingerprint density at radius 1 is 1.12 bits per heavy atom. The summed E-state index contributed by atoms with van der Waals surface area (Å²) < 4.78 is 24.0. The molecule has 1 aliphatic carbocycles. The second-order valence-corrected chi connectivity index (χ2v) is 11.4. The summed E-state index contributed by atoms with van der Waals surface area (Å²) in [5, 5.41) is 61.3. The average Bonchev–Trinajstić information content (AvgIpc) is 2.93. The maximum atomic E-state index is 11.5. The van der Waals surface area contributed by atoms with Crippen molar-refractivity contribution in [1.82, 2.24) is 16.0 Å². The number of likely N-dealkylation sites (N-methyl/N-ethyl adjacent to an activating group) is 1. The first kappa shape index (κ1) is 34.4. The number of aliphatic hydroxyl groups excluding tert-OH is 4. The van der Waals surface area contributed by atoms with Crippen LogP contribution >= 0.6 is 0 Å². The van der Waals surface area contributed by atoms with Crippen molar-refractivity contribution in [2.24, 2.45) is 22.9 Å². The van der Waals surface area contributed by atoms with E-state index >= 15 is 0 Å². The zero-order chi connectivity index (χ0) is 30.3. The van der Waals surface area contributed by atoms with Gasteiger partial charge in [-0.1, -0.05) is 0 Å². The third-order valence-corrected chi connectivity index (χ3v) is 7.80. The van der Waals surface area contributed by atoms with Crippen LogP contribution < -0.4 is 38.9 Å². The molecule has 3 aliphatic rings. The molecule has 1 saturated carbocycles. The maximum Gasteiger partial charge on any atom is 0.215 e. The fourth-order valence-corrected chi connectivity index (χ4v) is 5.39. The Morgan fingerprint density at radius 3 is 2.49 bits per heavy atom. The Labute approximate surface area is 240 Å². The number of rotatable bonds is 14. The highest BCUT2D eigenvalue weighted by Crippen LogP contribution is 2.32. The third-order valence-electron chi connectivity index (χ3n) is 7.80. The van der Waals surface area contributed by atoms with Crippen molar-refractivity contribution in [2.75, 3.05) is 46.4 Å². The Balaban J connectivity index is 1.72. The van der Waals surface area contributed by atoms with E-state index in [0.717, 1.165) is 0 Å². The van der Waals surface area contributed by atoms with Gasteiger partial charge >= 0.3 is 0 Å². The van der Waals surface area contributed by atoms with Gasteiger partial charge in [0, 0.05) is 37.8 Å². The minimum atomic E-state index is -1.35. The fourth-order valence-electron chi connectivity index (χ4n) is 5.39. The van der Waals surface area contributed by atoms with Crippen molar-refractivity contribution >= 4 is 0 Å². The number of aliphatic hydroxyl groups is 5. The number of nitrogens with one attached hydrogen (secondary N) is 3. The van der Waals surface area contributed by atoms with Crippen molar-refractivity contribution in [2.45, 2.75) is 98.7 Å². The quantitative estimate of drug-likeness (QED) is 0.0893. The number of ether oxygens (including phenoxy) is 4. The van der Waals surface area contributed by atoms with E-state index in [1.165, 1.54) is 6.92 Å². The van der Waals surface area contributed by atoms with Crippen LogP contribution in [0, 0.1) is 0 Å². The second kappa shape index (κ2) is 15.6. The first-order valence-corrected chi connectivity index (χ1v) is 14.2. The first-order chi connectivity index (χ1) is 19.4. The van der Waals surface area contributed by atoms with Gasteiger partial charge in [0.15, 0.2) is 6.29 Å². The van der Waals surface area contributed by atoms with Crippen molar-refractivity contribution in [3.63, 3.8) is 0 Å². The van der Waals surface area contributed by atoms with Gasteiger partial charge in [-0.15, -0.1) is 0 Å². The lowest BCUT2D eigenvalue weighted by Crippen LogP contribution is -2.69. The zero-order valence-corrected chi connectivity index (χ0v) is 23.8. The molecule has 2 aliphatic heterocycles. The van der Waals surface area contributed by atoms with E-state index in [4.69, 9.17) is 47.0 Å². The molecule has 1 saturated heterocycles. The van der Waals surface area contributed by atoms with Gasteiger partial charge in [-0.3, -0.25) is 0 Å². The molecule has 240 valence electrons. The summed E-state index contributed by atoms with van der Waals surface area (Å²) in [6, 6.07) is -2.94. The molecule has 3 rings (SSSR count). The number of nitrogens with two attached hydrogens (primary N) is 4. The van der Waals surface area contributed by atoms with Gasteiger partial charge in [-0.05, 0) is 32.9 Å². The molecule has 0 aromatic heterocycles. The van der Waals surface area contributed by atoms with Crippen molar-refractivity contribution < 1.29 is 44.5 Å². The summed E-state index contributed by atoms with van der Waals surface area (Å²) in [6.45, 7) is 2.14. The molecule has 16 heteroatoms. The van der Waals surface area contributed by atoms with Gasteiger partial charge < -0.3 is 83.4 Å². The molecule has 16 N–H and O–H groups in total. The van der Waals surface area contributed by atoms with Gasteiger partial charge in [0.1, 0.15) is 35.8 Å². The van der Waals surface area contributed by atoms with Gasteiger partial charge in [0.05, 0.1) is 37.9 Å². The molecule has 0 aromatic carbocycles. The standard InChI is InChI=1S/C25H51N7O9/c1-25(37)11-38-24(19(36)22(25)30-2)41-21-17(32-8-13(34)6-26)5-16(29)20(18(21)35)40-23-15(28)4-3-14(39-23)9-31-7-12(27)10-33/h3,12-13,15-24,30-37H,4-11,26-29H2,1-2H3/t12?,13?,15-,16+,17-,18+,19-,20?,21+,22-,23-,24-,25+/m1/s1. The molecule has 0 bridgehead atoms. The molecule has 16 nitrogen and oxygen atoms in total. The van der Waals surface area contributed by atoms with E-state index in [-0.39, 0.29) is 32.7 Å². The van der Waals surface area contributed by atoms with Crippen molar-refractivity contribution in [1.29, 1.82) is 0 Å². The van der Waals surface area contributed by atoms with Crippen LogP contribution in [0.3, 0.4) is 0 Å². The lowest BCUT2D eigenvalue weighted by atomic mass is 9.83. The molecule has 13 atom stereocenters. The molecular formula is C25H51N7O9. The predicted octanol–water partition coefficient (Wildman–Crippen LogP) is -5.95. The Kier molecular flexibility index (Phi) is 13.1. The van der Waals surface area contributed by atoms with Crippen LogP contribution in [0.4, 0.5) is 0 Å². The van der Waals surface area contributed by atoms with Crippen LogP contribution in [0.5, 0.6) is 0 Å². The molecule has 2 fully saturated rings. The molecule has 41 heavy (non-hydrogen) atoms. The van der Waals surface area contributed by atoms with E-state index in [1.54, 1.807) is 7.05 Å². The lowest BCUT2D eigenvalue weighted by molar-refractivity contribution is -0.304.